The van der Waals surface area contributed by atoms with Gasteiger partial charge in [0.05, 0.1) is 12.2 Å². The molecular formula is C10H19N3. The Labute approximate surface area is 79.9 Å². The first-order valence-electron chi connectivity index (χ1n) is 4.84. The molecule has 0 saturated heterocycles. The first-order chi connectivity index (χ1) is 6.06. The van der Waals surface area contributed by atoms with E-state index in [1.54, 1.807) is 0 Å². The van der Waals surface area contributed by atoms with Crippen molar-refractivity contribution in [3.05, 3.63) is 17.0 Å². The van der Waals surface area contributed by atoms with Crippen LogP contribution < -0.4 is 5.73 Å². The van der Waals surface area contributed by atoms with Gasteiger partial charge in [0.2, 0.25) is 0 Å². The highest BCUT2D eigenvalue weighted by Gasteiger charge is 2.09. The second-order valence-corrected chi connectivity index (χ2v) is 3.66. The van der Waals surface area contributed by atoms with Crippen molar-refractivity contribution in [3.8, 4) is 0 Å². The van der Waals surface area contributed by atoms with Gasteiger partial charge in [-0.05, 0) is 32.8 Å². The molecule has 0 radical (unpaired) electrons. The lowest BCUT2D eigenvalue weighted by Crippen LogP contribution is -2.23. The Morgan fingerprint density at radius 2 is 2.08 bits per heavy atom. The van der Waals surface area contributed by atoms with Gasteiger partial charge in [0.25, 0.3) is 0 Å². The van der Waals surface area contributed by atoms with Crippen LogP contribution in [0.2, 0.25) is 0 Å². The van der Waals surface area contributed by atoms with E-state index in [1.165, 1.54) is 11.3 Å². The quantitative estimate of drug-likeness (QED) is 0.766. The molecular weight excluding hydrogens is 162 g/mol. The average molecular weight is 181 g/mol. The zero-order chi connectivity index (χ0) is 10.0. The van der Waals surface area contributed by atoms with Gasteiger partial charge in [0.1, 0.15) is 0 Å². The maximum Gasteiger partial charge on any atom is 0.0628 e. The molecule has 1 heterocycles. The Bertz CT molecular complexity index is 287. The molecule has 0 saturated carbocycles. The molecule has 0 unspecified atom stereocenters. The van der Waals surface area contributed by atoms with Gasteiger partial charge < -0.3 is 5.73 Å². The van der Waals surface area contributed by atoms with Gasteiger partial charge in [-0.2, -0.15) is 5.10 Å². The van der Waals surface area contributed by atoms with Crippen molar-refractivity contribution < 1.29 is 0 Å². The highest BCUT2D eigenvalue weighted by atomic mass is 15.3. The summed E-state index contributed by atoms with van der Waals surface area (Å²) in [6.07, 6.45) is 1.05. The van der Waals surface area contributed by atoms with E-state index in [-0.39, 0.29) is 6.04 Å². The van der Waals surface area contributed by atoms with Gasteiger partial charge in [-0.25, -0.2) is 0 Å². The van der Waals surface area contributed by atoms with Gasteiger partial charge in [-0.1, -0.05) is 6.92 Å². The molecule has 13 heavy (non-hydrogen) atoms. The van der Waals surface area contributed by atoms with E-state index in [0.717, 1.165) is 18.7 Å². The van der Waals surface area contributed by atoms with Crippen molar-refractivity contribution in [2.24, 2.45) is 5.73 Å². The van der Waals surface area contributed by atoms with Crippen molar-refractivity contribution in [1.82, 2.24) is 9.78 Å². The smallest absolute Gasteiger partial charge is 0.0628 e. The summed E-state index contributed by atoms with van der Waals surface area (Å²) < 4.78 is 2.01. The third-order valence-corrected chi connectivity index (χ3v) is 2.35. The molecule has 0 fully saturated rings. The minimum atomic E-state index is 0.169. The number of nitrogens with two attached hydrogens (primary N) is 1. The van der Waals surface area contributed by atoms with Gasteiger partial charge in [0, 0.05) is 11.7 Å². The zero-order valence-electron chi connectivity index (χ0n) is 8.96. The van der Waals surface area contributed by atoms with Gasteiger partial charge in [0.15, 0.2) is 0 Å². The van der Waals surface area contributed by atoms with Crippen LogP contribution in [0.15, 0.2) is 0 Å². The fourth-order valence-electron chi connectivity index (χ4n) is 1.70. The molecule has 0 spiro atoms. The second-order valence-electron chi connectivity index (χ2n) is 3.66. The number of aromatic nitrogens is 2. The summed E-state index contributed by atoms with van der Waals surface area (Å²) in [5, 5.41) is 4.46. The maximum atomic E-state index is 5.73. The zero-order valence-corrected chi connectivity index (χ0v) is 8.96. The topological polar surface area (TPSA) is 43.8 Å². The predicted octanol–water partition coefficient (Wildman–Crippen LogP) is 1.41. The van der Waals surface area contributed by atoms with Crippen molar-refractivity contribution in [2.75, 3.05) is 0 Å². The fraction of sp³-hybridized carbons (Fsp3) is 0.700. The summed E-state index contributed by atoms with van der Waals surface area (Å²) in [5.41, 5.74) is 9.50. The molecule has 0 bridgehead atoms. The number of hydrogen-bond acceptors (Lipinski definition) is 2. The first-order valence-corrected chi connectivity index (χ1v) is 4.84. The van der Waals surface area contributed by atoms with Gasteiger partial charge >= 0.3 is 0 Å². The molecule has 0 aliphatic carbocycles. The van der Waals surface area contributed by atoms with Crippen molar-refractivity contribution in [2.45, 2.75) is 46.7 Å². The van der Waals surface area contributed by atoms with Crippen LogP contribution in [0.1, 0.15) is 30.8 Å². The van der Waals surface area contributed by atoms with Crippen molar-refractivity contribution in [3.63, 3.8) is 0 Å². The predicted molar refractivity (Wildman–Crippen MR) is 54.7 cm³/mol. The summed E-state index contributed by atoms with van der Waals surface area (Å²) in [7, 11) is 0. The average Bonchev–Trinajstić information content (AvgIpc) is 2.26. The Hall–Kier alpha value is -0.830. The minimum absolute atomic E-state index is 0.169. The van der Waals surface area contributed by atoms with Crippen LogP contribution in [0.3, 0.4) is 0 Å². The Morgan fingerprint density at radius 3 is 2.46 bits per heavy atom. The van der Waals surface area contributed by atoms with E-state index < -0.39 is 0 Å². The molecule has 1 rings (SSSR count). The molecule has 0 aliphatic heterocycles. The molecule has 2 N–H and O–H groups in total. The van der Waals surface area contributed by atoms with E-state index in [1.807, 2.05) is 11.6 Å². The lowest BCUT2D eigenvalue weighted by molar-refractivity contribution is 0.525. The molecule has 74 valence electrons. The van der Waals surface area contributed by atoms with Crippen LogP contribution in [0, 0.1) is 13.8 Å². The molecule has 1 atom stereocenters. The van der Waals surface area contributed by atoms with E-state index in [2.05, 4.69) is 25.9 Å². The van der Waals surface area contributed by atoms with Crippen LogP contribution in [0.25, 0.3) is 0 Å². The molecule has 3 nitrogen and oxygen atoms in total. The van der Waals surface area contributed by atoms with Crippen LogP contribution in [-0.4, -0.2) is 15.8 Å². The first kappa shape index (κ1) is 10.3. The molecule has 1 aromatic heterocycles. The number of hydrogen-bond donors (Lipinski definition) is 1. The molecule has 1 aromatic rings. The SMILES string of the molecule is CCc1c(C)nn(C[C@H](C)N)c1C. The minimum Gasteiger partial charge on any atom is -0.326 e. The van der Waals surface area contributed by atoms with E-state index in [0.29, 0.717) is 0 Å². The molecule has 0 aromatic carbocycles. The summed E-state index contributed by atoms with van der Waals surface area (Å²) >= 11 is 0. The van der Waals surface area contributed by atoms with Crippen LogP contribution in [0.5, 0.6) is 0 Å². The number of nitrogens with zero attached hydrogens (tertiary/aromatic N) is 2. The highest BCUT2D eigenvalue weighted by molar-refractivity contribution is 5.24. The molecule has 0 aliphatic rings. The van der Waals surface area contributed by atoms with Crippen molar-refractivity contribution in [1.29, 1.82) is 0 Å². The fourth-order valence-corrected chi connectivity index (χ4v) is 1.70. The van der Waals surface area contributed by atoms with Crippen LogP contribution in [0.4, 0.5) is 0 Å². The normalized spacial score (nSPS) is 13.3. The van der Waals surface area contributed by atoms with Crippen LogP contribution in [-0.2, 0) is 13.0 Å². The summed E-state index contributed by atoms with van der Waals surface area (Å²) in [6, 6.07) is 0.169. The Kier molecular flexibility index (Phi) is 3.09. The number of aryl methyl sites for hydroxylation is 1. The molecule has 3 heteroatoms. The third-order valence-electron chi connectivity index (χ3n) is 2.35. The second kappa shape index (κ2) is 3.92. The lowest BCUT2D eigenvalue weighted by Gasteiger charge is -2.07. The lowest BCUT2D eigenvalue weighted by atomic mass is 10.1. The van der Waals surface area contributed by atoms with E-state index in [9.17, 15) is 0 Å². The Morgan fingerprint density at radius 1 is 1.46 bits per heavy atom. The van der Waals surface area contributed by atoms with E-state index >= 15 is 0 Å². The summed E-state index contributed by atoms with van der Waals surface area (Å²) in [5.74, 6) is 0. The maximum absolute atomic E-state index is 5.73. The van der Waals surface area contributed by atoms with Crippen molar-refractivity contribution >= 4 is 0 Å². The standard InChI is InChI=1S/C10H19N3/c1-5-10-8(3)12-13(9(10)4)6-7(2)11/h7H,5-6,11H2,1-4H3/t7-/m0/s1. The summed E-state index contributed by atoms with van der Waals surface area (Å²) in [4.78, 5) is 0. The van der Waals surface area contributed by atoms with Gasteiger partial charge in [-0.15, -0.1) is 0 Å². The third kappa shape index (κ3) is 2.10. The van der Waals surface area contributed by atoms with E-state index in [4.69, 9.17) is 5.73 Å². The summed E-state index contributed by atoms with van der Waals surface area (Å²) in [6.45, 7) is 9.15. The molecule has 0 amide bonds. The Balaban J connectivity index is 2.96. The highest BCUT2D eigenvalue weighted by Crippen LogP contribution is 2.13. The van der Waals surface area contributed by atoms with Gasteiger partial charge in [-0.3, -0.25) is 4.68 Å². The monoisotopic (exact) mass is 181 g/mol. The number of rotatable bonds is 3. The largest absolute Gasteiger partial charge is 0.326 e. The van der Waals surface area contributed by atoms with Crippen LogP contribution >= 0.6 is 0 Å².